The van der Waals surface area contributed by atoms with Gasteiger partial charge in [0, 0.05) is 12.1 Å². The fourth-order valence-electron chi connectivity index (χ4n) is 2.31. The van der Waals surface area contributed by atoms with Crippen molar-refractivity contribution in [2.24, 2.45) is 0 Å². The zero-order valence-corrected chi connectivity index (χ0v) is 14.0. The first kappa shape index (κ1) is 17.6. The molecule has 1 N–H and O–H groups in total. The van der Waals surface area contributed by atoms with Crippen LogP contribution in [-0.4, -0.2) is 17.4 Å². The van der Waals surface area contributed by atoms with Crippen LogP contribution in [-0.2, 0) is 16.1 Å². The van der Waals surface area contributed by atoms with Gasteiger partial charge in [-0.3, -0.25) is 14.9 Å². The number of hydrogen-bond donors (Lipinski definition) is 1. The van der Waals surface area contributed by atoms with E-state index in [2.05, 4.69) is 11.4 Å². The summed E-state index contributed by atoms with van der Waals surface area (Å²) in [6, 6.07) is 10.4. The molecule has 6 heteroatoms. The average Bonchev–Trinajstić information content (AvgIpc) is 2.51. The minimum absolute atomic E-state index is 0.0629. The molecule has 1 amide bonds. The first-order valence-corrected chi connectivity index (χ1v) is 7.55. The Labute approximate surface area is 140 Å². The van der Waals surface area contributed by atoms with Crippen LogP contribution >= 0.6 is 0 Å². The summed E-state index contributed by atoms with van der Waals surface area (Å²) in [6.45, 7) is 6.02. The van der Waals surface area contributed by atoms with E-state index in [0.29, 0.717) is 12.3 Å². The van der Waals surface area contributed by atoms with Crippen LogP contribution in [0.4, 0.5) is 11.4 Å². The molecule has 0 aromatic heterocycles. The van der Waals surface area contributed by atoms with Crippen molar-refractivity contribution in [3.8, 4) is 0 Å². The molecular formula is C18H20N2O4. The highest BCUT2D eigenvalue weighted by molar-refractivity contribution is 5.92. The number of carbonyl (C=O) groups is 1. The summed E-state index contributed by atoms with van der Waals surface area (Å²) >= 11 is 0. The number of amides is 1. The molecule has 2 aromatic rings. The molecule has 0 unspecified atom stereocenters. The highest BCUT2D eigenvalue weighted by Gasteiger charge is 2.11. The van der Waals surface area contributed by atoms with Crippen LogP contribution in [0.3, 0.4) is 0 Å². The van der Waals surface area contributed by atoms with Crippen LogP contribution in [0, 0.1) is 30.9 Å². The lowest BCUT2D eigenvalue weighted by Crippen LogP contribution is -2.19. The van der Waals surface area contributed by atoms with Crippen LogP contribution in [0.5, 0.6) is 0 Å². The van der Waals surface area contributed by atoms with Crippen molar-refractivity contribution in [2.75, 3.05) is 11.9 Å². The second-order valence-electron chi connectivity index (χ2n) is 5.73. The van der Waals surface area contributed by atoms with E-state index in [1.54, 1.807) is 13.0 Å². The Morgan fingerprint density at radius 2 is 1.88 bits per heavy atom. The van der Waals surface area contributed by atoms with E-state index in [-0.39, 0.29) is 18.2 Å². The molecule has 0 spiro atoms. The number of non-ortho nitro benzene ring substituents is 1. The van der Waals surface area contributed by atoms with Crippen molar-refractivity contribution in [3.05, 3.63) is 68.8 Å². The molecule has 24 heavy (non-hydrogen) atoms. The Morgan fingerprint density at radius 3 is 2.54 bits per heavy atom. The van der Waals surface area contributed by atoms with Gasteiger partial charge in [-0.15, -0.1) is 0 Å². The van der Waals surface area contributed by atoms with E-state index < -0.39 is 4.92 Å². The van der Waals surface area contributed by atoms with Gasteiger partial charge < -0.3 is 10.1 Å². The molecule has 0 saturated carbocycles. The Hall–Kier alpha value is -2.73. The van der Waals surface area contributed by atoms with Crippen molar-refractivity contribution < 1.29 is 14.5 Å². The van der Waals surface area contributed by atoms with Crippen molar-refractivity contribution >= 4 is 17.3 Å². The van der Waals surface area contributed by atoms with Gasteiger partial charge in [0.2, 0.25) is 5.91 Å². The van der Waals surface area contributed by atoms with Crippen LogP contribution in [0.2, 0.25) is 0 Å². The molecular weight excluding hydrogens is 308 g/mol. The normalized spacial score (nSPS) is 10.5. The van der Waals surface area contributed by atoms with E-state index in [1.165, 1.54) is 17.7 Å². The highest BCUT2D eigenvalue weighted by atomic mass is 16.6. The van der Waals surface area contributed by atoms with Gasteiger partial charge in [0.05, 0.1) is 17.2 Å². The number of benzene rings is 2. The lowest BCUT2D eigenvalue weighted by Gasteiger charge is -2.10. The molecule has 0 fully saturated rings. The van der Waals surface area contributed by atoms with E-state index >= 15 is 0 Å². The predicted octanol–water partition coefficient (Wildman–Crippen LogP) is 3.68. The van der Waals surface area contributed by atoms with Gasteiger partial charge in [0.25, 0.3) is 5.69 Å². The summed E-state index contributed by atoms with van der Waals surface area (Å²) in [5, 5.41) is 13.5. The van der Waals surface area contributed by atoms with Gasteiger partial charge in [0.15, 0.2) is 0 Å². The number of anilines is 1. The first-order valence-electron chi connectivity index (χ1n) is 7.55. The van der Waals surface area contributed by atoms with Crippen molar-refractivity contribution in [3.63, 3.8) is 0 Å². The standard InChI is InChI=1S/C18H20N2O4/c1-12-4-6-15(14(3)8-12)10-24-11-18(21)19-17-9-16(20(22)23)7-5-13(17)2/h4-9H,10-11H2,1-3H3,(H,19,21). The third-order valence-electron chi connectivity index (χ3n) is 3.69. The lowest BCUT2D eigenvalue weighted by molar-refractivity contribution is -0.384. The van der Waals surface area contributed by atoms with Crippen molar-refractivity contribution in [1.29, 1.82) is 0 Å². The molecule has 0 atom stereocenters. The Bertz CT molecular complexity index is 772. The molecule has 0 saturated heterocycles. The van der Waals surface area contributed by atoms with E-state index in [0.717, 1.165) is 16.7 Å². The third-order valence-corrected chi connectivity index (χ3v) is 3.69. The average molecular weight is 328 g/mol. The smallest absolute Gasteiger partial charge is 0.271 e. The van der Waals surface area contributed by atoms with Crippen molar-refractivity contribution in [2.45, 2.75) is 27.4 Å². The predicted molar refractivity (Wildman–Crippen MR) is 92.0 cm³/mol. The molecule has 0 heterocycles. The number of nitrogens with zero attached hydrogens (tertiary/aromatic N) is 1. The second-order valence-corrected chi connectivity index (χ2v) is 5.73. The Kier molecular flexibility index (Phi) is 5.65. The first-order chi connectivity index (χ1) is 11.4. The summed E-state index contributed by atoms with van der Waals surface area (Å²) < 4.78 is 5.45. The zero-order chi connectivity index (χ0) is 17.7. The maximum absolute atomic E-state index is 12.0. The number of ether oxygens (including phenoxy) is 1. The van der Waals surface area contributed by atoms with Gasteiger partial charge in [0.1, 0.15) is 6.61 Å². The molecule has 2 rings (SSSR count). The molecule has 0 aliphatic rings. The fraction of sp³-hybridized carbons (Fsp3) is 0.278. The minimum atomic E-state index is -0.494. The quantitative estimate of drug-likeness (QED) is 0.648. The lowest BCUT2D eigenvalue weighted by atomic mass is 10.1. The van der Waals surface area contributed by atoms with Gasteiger partial charge >= 0.3 is 0 Å². The maximum Gasteiger partial charge on any atom is 0.271 e. The van der Waals surface area contributed by atoms with Crippen LogP contribution < -0.4 is 5.32 Å². The van der Waals surface area contributed by atoms with Gasteiger partial charge in [-0.1, -0.05) is 29.8 Å². The zero-order valence-electron chi connectivity index (χ0n) is 14.0. The largest absolute Gasteiger partial charge is 0.367 e. The minimum Gasteiger partial charge on any atom is -0.367 e. The monoisotopic (exact) mass is 328 g/mol. The number of nitrogens with one attached hydrogen (secondary N) is 1. The number of aryl methyl sites for hydroxylation is 3. The summed E-state index contributed by atoms with van der Waals surface area (Å²) in [5.74, 6) is -0.344. The van der Waals surface area contributed by atoms with Gasteiger partial charge in [-0.05, 0) is 37.5 Å². The summed E-state index contributed by atoms with van der Waals surface area (Å²) in [4.78, 5) is 22.3. The maximum atomic E-state index is 12.0. The van der Waals surface area contributed by atoms with Crippen LogP contribution in [0.25, 0.3) is 0 Å². The van der Waals surface area contributed by atoms with E-state index in [4.69, 9.17) is 4.74 Å². The fourth-order valence-corrected chi connectivity index (χ4v) is 2.31. The van der Waals surface area contributed by atoms with Crippen LogP contribution in [0.1, 0.15) is 22.3 Å². The number of nitro benzene ring substituents is 1. The topological polar surface area (TPSA) is 81.5 Å². The number of hydrogen-bond acceptors (Lipinski definition) is 4. The number of nitro groups is 1. The molecule has 0 bridgehead atoms. The molecule has 126 valence electrons. The van der Waals surface area contributed by atoms with E-state index in [1.807, 2.05) is 26.0 Å². The summed E-state index contributed by atoms with van der Waals surface area (Å²) in [7, 11) is 0. The Morgan fingerprint density at radius 1 is 1.12 bits per heavy atom. The molecule has 6 nitrogen and oxygen atoms in total. The Balaban J connectivity index is 1.92. The number of carbonyl (C=O) groups excluding carboxylic acids is 1. The summed E-state index contributed by atoms with van der Waals surface area (Å²) in [5.41, 5.74) is 4.43. The SMILES string of the molecule is Cc1ccc(COCC(=O)Nc2cc([N+](=O)[O-])ccc2C)c(C)c1. The van der Waals surface area contributed by atoms with E-state index in [9.17, 15) is 14.9 Å². The molecule has 0 aliphatic carbocycles. The van der Waals surface area contributed by atoms with Crippen molar-refractivity contribution in [1.82, 2.24) is 0 Å². The third kappa shape index (κ3) is 4.63. The van der Waals surface area contributed by atoms with Gasteiger partial charge in [-0.2, -0.15) is 0 Å². The highest BCUT2D eigenvalue weighted by Crippen LogP contribution is 2.21. The summed E-state index contributed by atoms with van der Waals surface area (Å²) in [6.07, 6.45) is 0. The molecule has 0 aliphatic heterocycles. The number of rotatable bonds is 6. The molecule has 2 aromatic carbocycles. The van der Waals surface area contributed by atoms with Crippen LogP contribution in [0.15, 0.2) is 36.4 Å². The molecule has 0 radical (unpaired) electrons. The van der Waals surface area contributed by atoms with Gasteiger partial charge in [-0.25, -0.2) is 0 Å². The second kappa shape index (κ2) is 7.70.